The third-order valence-corrected chi connectivity index (χ3v) is 5.07. The van der Waals surface area contributed by atoms with Crippen LogP contribution in [0.5, 0.6) is 0 Å². The molecule has 1 aromatic rings. The van der Waals surface area contributed by atoms with E-state index < -0.39 is 97.4 Å². The maximum atomic E-state index is 14.4. The van der Waals surface area contributed by atoms with Crippen LogP contribution in [0, 0.1) is 0 Å². The fourth-order valence-electron chi connectivity index (χ4n) is 3.27. The van der Waals surface area contributed by atoms with Gasteiger partial charge >= 0.3 is 6.18 Å². The first-order valence-electron chi connectivity index (χ1n) is 9.40. The molecule has 0 bridgehead atoms. The first-order chi connectivity index (χ1) is 14.2. The average molecular weight is 461 g/mol. The maximum absolute atomic E-state index is 14.4. The minimum absolute atomic E-state index is 0.413. The van der Waals surface area contributed by atoms with Gasteiger partial charge in [-0.15, -0.1) is 0 Å². The van der Waals surface area contributed by atoms with E-state index in [1.165, 1.54) is 6.92 Å². The van der Waals surface area contributed by atoms with E-state index in [1.54, 1.807) is 0 Å². The molecule has 174 valence electrons. The van der Waals surface area contributed by atoms with E-state index in [4.69, 9.17) is 0 Å². The second-order valence-electron chi connectivity index (χ2n) is 7.55. The van der Waals surface area contributed by atoms with Gasteiger partial charge in [0.25, 0.3) is 11.8 Å². The quantitative estimate of drug-likeness (QED) is 0.548. The molecule has 1 fully saturated rings. The predicted octanol–water partition coefficient (Wildman–Crippen LogP) is 4.30. The summed E-state index contributed by atoms with van der Waals surface area (Å²) in [6.45, 7) is 1.24. The fraction of sp³-hybridized carbons (Fsp3) is 0.706. The SMILES string of the molecule is CC[C@@H](Nc1nc(NC2CC(F)(F)C2)nc(C2=C(F)C(O)C(F)(F)CC2)n1)C(F)(F)F. The van der Waals surface area contributed by atoms with Gasteiger partial charge in [-0.1, -0.05) is 6.92 Å². The number of aromatic nitrogens is 3. The number of alkyl halides is 7. The molecule has 1 unspecified atom stereocenters. The first kappa shape index (κ1) is 23.4. The van der Waals surface area contributed by atoms with E-state index >= 15 is 0 Å². The largest absolute Gasteiger partial charge is 0.408 e. The summed E-state index contributed by atoms with van der Waals surface area (Å²) < 4.78 is 107. The summed E-state index contributed by atoms with van der Waals surface area (Å²) in [6, 6.07) is -2.87. The number of rotatable bonds is 6. The Bertz CT molecular complexity index is 851. The van der Waals surface area contributed by atoms with Crippen molar-refractivity contribution in [1.82, 2.24) is 15.0 Å². The Kier molecular flexibility index (Phi) is 6.06. The molecule has 1 aromatic heterocycles. The van der Waals surface area contributed by atoms with Gasteiger partial charge in [-0.05, 0) is 12.8 Å². The lowest BCUT2D eigenvalue weighted by Gasteiger charge is -2.35. The topological polar surface area (TPSA) is 83.0 Å². The Labute approximate surface area is 171 Å². The van der Waals surface area contributed by atoms with Crippen molar-refractivity contribution in [3.8, 4) is 0 Å². The number of anilines is 2. The summed E-state index contributed by atoms with van der Waals surface area (Å²) in [6.07, 6.45) is -10.5. The van der Waals surface area contributed by atoms with Crippen LogP contribution in [0.2, 0.25) is 0 Å². The van der Waals surface area contributed by atoms with Crippen molar-refractivity contribution >= 4 is 17.5 Å². The molecular weight excluding hydrogens is 442 g/mol. The second kappa shape index (κ2) is 8.02. The lowest BCUT2D eigenvalue weighted by atomic mass is 9.88. The van der Waals surface area contributed by atoms with Crippen LogP contribution >= 0.6 is 0 Å². The molecule has 0 spiro atoms. The number of halogens is 8. The molecule has 0 saturated heterocycles. The molecule has 3 rings (SSSR count). The molecule has 0 aliphatic heterocycles. The van der Waals surface area contributed by atoms with Gasteiger partial charge in [0.05, 0.1) is 0 Å². The molecule has 0 amide bonds. The van der Waals surface area contributed by atoms with Crippen LogP contribution in [-0.4, -0.2) is 56.3 Å². The van der Waals surface area contributed by atoms with E-state index in [1.807, 2.05) is 5.32 Å². The summed E-state index contributed by atoms with van der Waals surface area (Å²) in [7, 11) is 0. The molecule has 0 radical (unpaired) electrons. The van der Waals surface area contributed by atoms with Crippen molar-refractivity contribution < 1.29 is 40.2 Å². The normalized spacial score (nSPS) is 24.5. The standard InChI is InChI=1S/C17H19F8N5O/c1-2-9(17(23,24)25)27-14-29-12(8-3-4-16(21,22)11(31)10(8)18)28-13(30-14)26-7-5-15(19,20)6-7/h7,9,11,31H,2-6H2,1H3,(H2,26,27,28,29,30)/t9-,11?/m1/s1. The van der Waals surface area contributed by atoms with E-state index in [0.29, 0.717) is 0 Å². The summed E-state index contributed by atoms with van der Waals surface area (Å²) >= 11 is 0. The monoisotopic (exact) mass is 461 g/mol. The van der Waals surface area contributed by atoms with Crippen LogP contribution in [0.1, 0.15) is 44.9 Å². The number of nitrogens with one attached hydrogen (secondary N) is 2. The average Bonchev–Trinajstić information content (AvgIpc) is 2.61. The van der Waals surface area contributed by atoms with Crippen molar-refractivity contribution in [1.29, 1.82) is 0 Å². The van der Waals surface area contributed by atoms with Gasteiger partial charge in [-0.2, -0.15) is 28.1 Å². The molecule has 2 atom stereocenters. The summed E-state index contributed by atoms with van der Waals surface area (Å²) in [4.78, 5) is 11.2. The highest BCUT2D eigenvalue weighted by Gasteiger charge is 2.47. The molecule has 1 heterocycles. The Balaban J connectivity index is 1.96. The number of aliphatic hydroxyl groups excluding tert-OH is 1. The van der Waals surface area contributed by atoms with E-state index in [0.717, 1.165) is 0 Å². The van der Waals surface area contributed by atoms with Crippen LogP contribution in [0.4, 0.5) is 47.0 Å². The zero-order valence-electron chi connectivity index (χ0n) is 16.1. The second-order valence-corrected chi connectivity index (χ2v) is 7.55. The van der Waals surface area contributed by atoms with Crippen molar-refractivity contribution in [2.45, 2.75) is 75.2 Å². The highest BCUT2D eigenvalue weighted by atomic mass is 19.4. The number of nitrogens with zero attached hydrogens (tertiary/aromatic N) is 3. The molecule has 2 aliphatic carbocycles. The van der Waals surface area contributed by atoms with E-state index in [9.17, 15) is 40.2 Å². The minimum Gasteiger partial charge on any atom is -0.380 e. The first-order valence-corrected chi connectivity index (χ1v) is 9.40. The third kappa shape index (κ3) is 5.15. The van der Waals surface area contributed by atoms with Gasteiger partial charge in [0.15, 0.2) is 11.9 Å². The van der Waals surface area contributed by atoms with Crippen molar-refractivity contribution in [3.63, 3.8) is 0 Å². The molecule has 6 nitrogen and oxygen atoms in total. The van der Waals surface area contributed by atoms with Crippen molar-refractivity contribution in [2.75, 3.05) is 10.6 Å². The number of allylic oxidation sites excluding steroid dienone is 1. The maximum Gasteiger partial charge on any atom is 0.408 e. The van der Waals surface area contributed by atoms with Crippen LogP contribution in [0.3, 0.4) is 0 Å². The smallest absolute Gasteiger partial charge is 0.380 e. The van der Waals surface area contributed by atoms with Crippen LogP contribution in [0.15, 0.2) is 5.83 Å². The molecule has 1 saturated carbocycles. The zero-order valence-corrected chi connectivity index (χ0v) is 16.1. The fourth-order valence-corrected chi connectivity index (χ4v) is 3.27. The highest BCUT2D eigenvalue weighted by Crippen LogP contribution is 2.42. The Morgan fingerprint density at radius 2 is 1.71 bits per heavy atom. The summed E-state index contributed by atoms with van der Waals surface area (Å²) in [5.74, 6) is -9.89. The lowest BCUT2D eigenvalue weighted by molar-refractivity contribution is -0.143. The molecule has 3 N–H and O–H groups in total. The van der Waals surface area contributed by atoms with Gasteiger partial charge in [-0.25, -0.2) is 22.0 Å². The van der Waals surface area contributed by atoms with Crippen LogP contribution in [-0.2, 0) is 0 Å². The summed E-state index contributed by atoms with van der Waals surface area (Å²) in [5, 5.41) is 14.0. The predicted molar refractivity (Wildman–Crippen MR) is 93.4 cm³/mol. The van der Waals surface area contributed by atoms with Crippen LogP contribution in [0.25, 0.3) is 5.57 Å². The molecule has 31 heavy (non-hydrogen) atoms. The summed E-state index contributed by atoms with van der Waals surface area (Å²) in [5.41, 5.74) is -0.522. The number of aliphatic hydroxyl groups is 1. The lowest BCUT2D eigenvalue weighted by Crippen LogP contribution is -2.44. The van der Waals surface area contributed by atoms with E-state index in [2.05, 4.69) is 20.3 Å². The highest BCUT2D eigenvalue weighted by molar-refractivity contribution is 5.66. The van der Waals surface area contributed by atoms with Crippen molar-refractivity contribution in [2.24, 2.45) is 0 Å². The van der Waals surface area contributed by atoms with Gasteiger partial charge in [0, 0.05) is 30.9 Å². The number of hydrogen-bond donors (Lipinski definition) is 3. The van der Waals surface area contributed by atoms with Gasteiger partial charge in [0.1, 0.15) is 11.9 Å². The molecule has 14 heteroatoms. The Hall–Kier alpha value is -2.25. The molecule has 2 aliphatic rings. The van der Waals surface area contributed by atoms with E-state index in [-0.39, 0.29) is 0 Å². The number of hydrogen-bond acceptors (Lipinski definition) is 6. The Morgan fingerprint density at radius 1 is 1.10 bits per heavy atom. The minimum atomic E-state index is -4.68. The van der Waals surface area contributed by atoms with Crippen molar-refractivity contribution in [3.05, 3.63) is 11.7 Å². The zero-order chi connectivity index (χ0) is 23.2. The van der Waals surface area contributed by atoms with Crippen LogP contribution < -0.4 is 10.6 Å². The third-order valence-electron chi connectivity index (χ3n) is 5.07. The Morgan fingerprint density at radius 3 is 2.26 bits per heavy atom. The van der Waals surface area contributed by atoms with Gasteiger partial charge in [0.2, 0.25) is 11.9 Å². The molecular formula is C17H19F8N5O. The van der Waals surface area contributed by atoms with Gasteiger partial charge in [-0.3, -0.25) is 0 Å². The van der Waals surface area contributed by atoms with Gasteiger partial charge < -0.3 is 15.7 Å². The molecule has 0 aromatic carbocycles.